The first kappa shape index (κ1) is 20.7. The Balaban J connectivity index is 1.52. The maximum Gasteiger partial charge on any atom is 0.262 e. The highest BCUT2D eigenvalue weighted by molar-refractivity contribution is 7.71. The highest BCUT2D eigenvalue weighted by Gasteiger charge is 2.20. The van der Waals surface area contributed by atoms with Gasteiger partial charge in [0.2, 0.25) is 5.91 Å². The van der Waals surface area contributed by atoms with Gasteiger partial charge in [-0.15, -0.1) is 0 Å². The second-order valence-electron chi connectivity index (χ2n) is 7.31. The molecule has 1 aromatic heterocycles. The van der Waals surface area contributed by atoms with Gasteiger partial charge in [0.25, 0.3) is 5.56 Å². The molecule has 2 N–H and O–H groups in total. The number of nitrogens with one attached hydrogen (secondary N) is 2. The molecule has 0 bridgehead atoms. The zero-order valence-electron chi connectivity index (χ0n) is 16.6. The Morgan fingerprint density at radius 3 is 2.68 bits per heavy atom. The molecule has 7 nitrogen and oxygen atoms in total. The molecule has 1 aliphatic heterocycles. The molecule has 3 rings (SSSR count). The number of likely N-dealkylation sites (N-methyl/N-ethyl adjacent to an activating group) is 1. The predicted octanol–water partition coefficient (Wildman–Crippen LogP) is 1.59. The van der Waals surface area contributed by atoms with E-state index in [4.69, 9.17) is 12.2 Å². The third-order valence-electron chi connectivity index (χ3n) is 5.52. The summed E-state index contributed by atoms with van der Waals surface area (Å²) in [7, 11) is 0. The van der Waals surface area contributed by atoms with Crippen LogP contribution in [0.25, 0.3) is 10.9 Å². The van der Waals surface area contributed by atoms with Gasteiger partial charge in [0, 0.05) is 51.7 Å². The first-order chi connectivity index (χ1) is 13.5. The first-order valence-corrected chi connectivity index (χ1v) is 10.4. The van der Waals surface area contributed by atoms with Crippen molar-refractivity contribution in [3.05, 3.63) is 39.4 Å². The maximum atomic E-state index is 12.6. The number of hydrogen-bond acceptors (Lipinski definition) is 5. The van der Waals surface area contributed by atoms with Crippen LogP contribution in [0.2, 0.25) is 0 Å². The van der Waals surface area contributed by atoms with Gasteiger partial charge >= 0.3 is 0 Å². The van der Waals surface area contributed by atoms with Crippen molar-refractivity contribution in [3.63, 3.8) is 0 Å². The highest BCUT2D eigenvalue weighted by Crippen LogP contribution is 2.07. The number of H-pyrrole nitrogens is 1. The van der Waals surface area contributed by atoms with Crippen LogP contribution in [0.1, 0.15) is 20.3 Å². The highest BCUT2D eigenvalue weighted by atomic mass is 32.1. The van der Waals surface area contributed by atoms with Crippen LogP contribution in [0.5, 0.6) is 0 Å². The van der Waals surface area contributed by atoms with Crippen LogP contribution in [0.15, 0.2) is 29.1 Å². The van der Waals surface area contributed by atoms with E-state index in [0.29, 0.717) is 22.7 Å². The van der Waals surface area contributed by atoms with Crippen molar-refractivity contribution in [1.29, 1.82) is 0 Å². The number of aromatic amines is 1. The Bertz CT molecular complexity index is 930. The van der Waals surface area contributed by atoms with Gasteiger partial charge in [0.15, 0.2) is 4.77 Å². The lowest BCUT2D eigenvalue weighted by Crippen LogP contribution is -2.52. The SMILES string of the molecule is CCN1CCN(C(C)CNC(=O)CCn2c(=S)[nH]c3ccccc3c2=O)CC1. The molecule has 0 aliphatic carbocycles. The Morgan fingerprint density at radius 2 is 1.96 bits per heavy atom. The van der Waals surface area contributed by atoms with Crippen molar-refractivity contribution in [1.82, 2.24) is 24.7 Å². The van der Waals surface area contributed by atoms with Gasteiger partial charge in [-0.1, -0.05) is 19.1 Å². The van der Waals surface area contributed by atoms with Crippen molar-refractivity contribution < 1.29 is 4.79 Å². The third-order valence-corrected chi connectivity index (χ3v) is 5.85. The van der Waals surface area contributed by atoms with E-state index in [1.807, 2.05) is 18.2 Å². The molecule has 1 unspecified atom stereocenters. The summed E-state index contributed by atoms with van der Waals surface area (Å²) in [5.41, 5.74) is 0.560. The smallest absolute Gasteiger partial charge is 0.262 e. The third kappa shape index (κ3) is 4.87. The molecule has 152 valence electrons. The zero-order chi connectivity index (χ0) is 20.1. The van der Waals surface area contributed by atoms with E-state index in [2.05, 4.69) is 33.9 Å². The van der Waals surface area contributed by atoms with Crippen LogP contribution in [0.4, 0.5) is 0 Å². The van der Waals surface area contributed by atoms with Crippen molar-refractivity contribution in [2.24, 2.45) is 0 Å². The summed E-state index contributed by atoms with van der Waals surface area (Å²) in [6, 6.07) is 7.56. The van der Waals surface area contributed by atoms with Crippen LogP contribution < -0.4 is 10.9 Å². The monoisotopic (exact) mass is 403 g/mol. The van der Waals surface area contributed by atoms with Crippen molar-refractivity contribution in [2.45, 2.75) is 32.9 Å². The summed E-state index contributed by atoms with van der Waals surface area (Å²) in [5.74, 6) is -0.0616. The van der Waals surface area contributed by atoms with Gasteiger partial charge in [-0.2, -0.15) is 0 Å². The summed E-state index contributed by atoms with van der Waals surface area (Å²) < 4.78 is 1.81. The number of hydrogen-bond donors (Lipinski definition) is 2. The summed E-state index contributed by atoms with van der Waals surface area (Å²) in [4.78, 5) is 32.8. The minimum atomic E-state index is -0.158. The second kappa shape index (κ2) is 9.45. The molecule has 1 saturated heterocycles. The van der Waals surface area contributed by atoms with Crippen LogP contribution in [-0.4, -0.2) is 70.6 Å². The number of piperazine rings is 1. The normalized spacial score (nSPS) is 16.9. The van der Waals surface area contributed by atoms with Crippen LogP contribution in [0.3, 0.4) is 0 Å². The average molecular weight is 404 g/mol. The molecular weight excluding hydrogens is 374 g/mol. The molecule has 0 spiro atoms. The van der Waals surface area contributed by atoms with Crippen molar-refractivity contribution in [2.75, 3.05) is 39.3 Å². The molecule has 28 heavy (non-hydrogen) atoms. The number of aromatic nitrogens is 2. The van der Waals surface area contributed by atoms with E-state index in [1.54, 1.807) is 6.07 Å². The molecule has 2 heterocycles. The van der Waals surface area contributed by atoms with E-state index in [9.17, 15) is 9.59 Å². The summed E-state index contributed by atoms with van der Waals surface area (Å²) in [6.45, 7) is 10.5. The Morgan fingerprint density at radius 1 is 1.25 bits per heavy atom. The lowest BCUT2D eigenvalue weighted by molar-refractivity contribution is -0.121. The predicted molar refractivity (Wildman–Crippen MR) is 114 cm³/mol. The number of benzene rings is 1. The maximum absolute atomic E-state index is 12.6. The van der Waals surface area contributed by atoms with Gasteiger partial charge in [0.05, 0.1) is 10.9 Å². The fraction of sp³-hybridized carbons (Fsp3) is 0.550. The number of carbonyl (C=O) groups excluding carboxylic acids is 1. The van der Waals surface area contributed by atoms with Crippen LogP contribution >= 0.6 is 12.2 Å². The van der Waals surface area contributed by atoms with E-state index in [0.717, 1.165) is 38.2 Å². The summed E-state index contributed by atoms with van der Waals surface area (Å²) >= 11 is 5.30. The minimum Gasteiger partial charge on any atom is -0.354 e. The quantitative estimate of drug-likeness (QED) is 0.687. The fourth-order valence-electron chi connectivity index (χ4n) is 3.61. The second-order valence-corrected chi connectivity index (χ2v) is 7.69. The topological polar surface area (TPSA) is 73.4 Å². The van der Waals surface area contributed by atoms with E-state index in [-0.39, 0.29) is 24.4 Å². The standard InChI is InChI=1S/C20H29N5O2S/c1-3-23-10-12-24(13-11-23)15(2)14-21-18(26)8-9-25-19(27)16-6-4-5-7-17(16)22-20(25)28/h4-7,15H,3,8-14H2,1-2H3,(H,21,26)(H,22,28). The zero-order valence-corrected chi connectivity index (χ0v) is 17.4. The van der Waals surface area contributed by atoms with E-state index < -0.39 is 0 Å². The van der Waals surface area contributed by atoms with Gasteiger partial charge in [-0.3, -0.25) is 19.1 Å². The first-order valence-electron chi connectivity index (χ1n) is 9.94. The molecule has 1 atom stereocenters. The Hall–Kier alpha value is -2.03. The number of carbonyl (C=O) groups is 1. The van der Waals surface area contributed by atoms with Crippen molar-refractivity contribution >= 4 is 29.0 Å². The molecule has 8 heteroatoms. The van der Waals surface area contributed by atoms with Crippen LogP contribution in [-0.2, 0) is 11.3 Å². The van der Waals surface area contributed by atoms with Gasteiger partial charge in [-0.25, -0.2) is 0 Å². The molecule has 1 aliphatic rings. The van der Waals surface area contributed by atoms with Crippen LogP contribution in [0, 0.1) is 4.77 Å². The van der Waals surface area contributed by atoms with Gasteiger partial charge in [-0.05, 0) is 37.8 Å². The number of amides is 1. The molecule has 0 saturated carbocycles. The number of para-hydroxylation sites is 1. The number of fused-ring (bicyclic) bond motifs is 1. The number of rotatable bonds is 7. The molecule has 2 aromatic rings. The summed E-state index contributed by atoms with van der Waals surface area (Å²) in [6.07, 6.45) is 0.228. The fourth-order valence-corrected chi connectivity index (χ4v) is 3.90. The Kier molecular flexibility index (Phi) is 6.98. The average Bonchev–Trinajstić information content (AvgIpc) is 2.72. The minimum absolute atomic E-state index is 0.0616. The molecular formula is C20H29N5O2S. The van der Waals surface area contributed by atoms with E-state index in [1.165, 1.54) is 4.57 Å². The lowest BCUT2D eigenvalue weighted by atomic mass is 10.2. The molecule has 1 fully saturated rings. The van der Waals surface area contributed by atoms with E-state index >= 15 is 0 Å². The van der Waals surface area contributed by atoms with Crippen molar-refractivity contribution in [3.8, 4) is 0 Å². The lowest BCUT2D eigenvalue weighted by Gasteiger charge is -2.37. The number of nitrogens with zero attached hydrogens (tertiary/aromatic N) is 3. The molecule has 1 aromatic carbocycles. The molecule has 1 amide bonds. The van der Waals surface area contributed by atoms with Gasteiger partial charge < -0.3 is 15.2 Å². The largest absolute Gasteiger partial charge is 0.354 e. The summed E-state index contributed by atoms with van der Waals surface area (Å²) in [5, 5.41) is 3.58. The molecule has 0 radical (unpaired) electrons. The van der Waals surface area contributed by atoms with Gasteiger partial charge in [0.1, 0.15) is 0 Å². The Labute approximate surface area is 170 Å².